The first-order valence-electron chi connectivity index (χ1n) is 11.5. The number of carbonyl (C=O) groups excluding carboxylic acids is 2. The zero-order chi connectivity index (χ0) is 22.8. The average molecular weight is 435 g/mol. The first kappa shape index (κ1) is 22.6. The Balaban J connectivity index is 1.67. The van der Waals surface area contributed by atoms with Gasteiger partial charge in [0.2, 0.25) is 0 Å². The first-order valence-corrected chi connectivity index (χ1v) is 11.5. The van der Waals surface area contributed by atoms with Crippen molar-refractivity contribution in [1.29, 1.82) is 0 Å². The Labute approximate surface area is 182 Å². The van der Waals surface area contributed by atoms with E-state index >= 15 is 0 Å². The van der Waals surface area contributed by atoms with Gasteiger partial charge in [-0.15, -0.1) is 0 Å². The third kappa shape index (κ3) is 3.15. The summed E-state index contributed by atoms with van der Waals surface area (Å²) in [6.07, 6.45) is 4.50. The fourth-order valence-corrected chi connectivity index (χ4v) is 8.02. The van der Waals surface area contributed by atoms with Gasteiger partial charge in [0, 0.05) is 17.8 Å². The lowest BCUT2D eigenvalue weighted by atomic mass is 9.44. The number of aliphatic hydroxyl groups is 3. The molecule has 0 spiro atoms. The molecule has 7 nitrogen and oxygen atoms in total. The maximum absolute atomic E-state index is 12.6. The fraction of sp³-hybridized carbons (Fsp3) is 0.792. The smallest absolute Gasteiger partial charge is 0.303 e. The molecular weight excluding hydrogens is 400 g/mol. The van der Waals surface area contributed by atoms with Crippen LogP contribution < -0.4 is 0 Å². The lowest BCUT2D eigenvalue weighted by Gasteiger charge is -2.61. The molecule has 3 saturated carbocycles. The van der Waals surface area contributed by atoms with Crippen molar-refractivity contribution >= 4 is 17.5 Å². The number of carbonyl (C=O) groups is 3. The summed E-state index contributed by atoms with van der Waals surface area (Å²) in [6.45, 7) is 3.27. The van der Waals surface area contributed by atoms with Crippen LogP contribution in [0.15, 0.2) is 11.6 Å². The molecule has 0 aliphatic heterocycles. The van der Waals surface area contributed by atoms with Gasteiger partial charge in [-0.2, -0.15) is 0 Å². The summed E-state index contributed by atoms with van der Waals surface area (Å²) in [5.41, 5.74) is -1.77. The van der Waals surface area contributed by atoms with Crippen LogP contribution in [0.25, 0.3) is 0 Å². The molecule has 8 atom stereocenters. The Morgan fingerprint density at radius 1 is 1.19 bits per heavy atom. The maximum Gasteiger partial charge on any atom is 0.303 e. The van der Waals surface area contributed by atoms with Gasteiger partial charge in [0.1, 0.15) is 12.2 Å². The van der Waals surface area contributed by atoms with Crippen molar-refractivity contribution in [3.05, 3.63) is 11.6 Å². The van der Waals surface area contributed by atoms with Gasteiger partial charge in [0.15, 0.2) is 11.6 Å². The molecule has 4 rings (SSSR count). The van der Waals surface area contributed by atoms with Crippen LogP contribution in [0.5, 0.6) is 0 Å². The summed E-state index contributed by atoms with van der Waals surface area (Å²) in [6, 6.07) is 0. The van der Waals surface area contributed by atoms with Crippen molar-refractivity contribution in [3.63, 3.8) is 0 Å². The zero-order valence-corrected chi connectivity index (χ0v) is 18.3. The molecule has 172 valence electrons. The Hall–Kier alpha value is -1.57. The van der Waals surface area contributed by atoms with Crippen LogP contribution in [0.3, 0.4) is 0 Å². The largest absolute Gasteiger partial charge is 0.481 e. The van der Waals surface area contributed by atoms with Gasteiger partial charge in [-0.3, -0.25) is 14.4 Å². The van der Waals surface area contributed by atoms with Gasteiger partial charge >= 0.3 is 5.97 Å². The van der Waals surface area contributed by atoms with Crippen LogP contribution in [-0.4, -0.2) is 56.3 Å². The molecule has 0 saturated heterocycles. The molecule has 1 unspecified atom stereocenters. The Bertz CT molecular complexity index is 834. The summed E-state index contributed by atoms with van der Waals surface area (Å²) in [5.74, 6) is -1.80. The predicted octanol–water partition coefficient (Wildman–Crippen LogP) is 1.87. The minimum atomic E-state index is -1.62. The molecule has 4 N–H and O–H groups in total. The van der Waals surface area contributed by atoms with E-state index < -0.39 is 40.9 Å². The topological polar surface area (TPSA) is 132 Å². The highest BCUT2D eigenvalue weighted by Crippen LogP contribution is 2.68. The van der Waals surface area contributed by atoms with Crippen LogP contribution in [0.4, 0.5) is 0 Å². The van der Waals surface area contributed by atoms with Crippen LogP contribution in [0.1, 0.15) is 65.2 Å². The second-order valence-corrected chi connectivity index (χ2v) is 10.8. The molecule has 0 heterocycles. The van der Waals surface area contributed by atoms with Crippen molar-refractivity contribution < 1.29 is 34.8 Å². The van der Waals surface area contributed by atoms with Gasteiger partial charge in [-0.1, -0.05) is 19.4 Å². The molecule has 0 radical (unpaired) electrons. The predicted molar refractivity (Wildman–Crippen MR) is 111 cm³/mol. The molecule has 7 heteroatoms. The number of Topliss-reactive ketones (excluding diaryl/α,β-unsaturated/α-hetero) is 1. The van der Waals surface area contributed by atoms with Crippen molar-refractivity contribution in [1.82, 2.24) is 0 Å². The summed E-state index contributed by atoms with van der Waals surface area (Å²) in [5, 5.41) is 41.2. The number of rotatable bonds is 5. The number of carboxylic acids is 1. The van der Waals surface area contributed by atoms with Crippen LogP contribution >= 0.6 is 0 Å². The molecule has 0 aromatic carbocycles. The molecule has 4 aliphatic carbocycles. The molecule has 31 heavy (non-hydrogen) atoms. The summed E-state index contributed by atoms with van der Waals surface area (Å²) < 4.78 is 0. The van der Waals surface area contributed by atoms with Gasteiger partial charge in [-0.25, -0.2) is 0 Å². The van der Waals surface area contributed by atoms with Gasteiger partial charge in [0.25, 0.3) is 0 Å². The summed E-state index contributed by atoms with van der Waals surface area (Å²) >= 11 is 0. The fourth-order valence-electron chi connectivity index (χ4n) is 8.02. The lowest BCUT2D eigenvalue weighted by molar-refractivity contribution is -0.183. The highest BCUT2D eigenvalue weighted by molar-refractivity contribution is 5.94. The van der Waals surface area contributed by atoms with E-state index in [1.54, 1.807) is 6.08 Å². The number of hydrogen-bond donors (Lipinski definition) is 4. The third-order valence-electron chi connectivity index (χ3n) is 9.52. The Morgan fingerprint density at radius 2 is 1.90 bits per heavy atom. The standard InChI is InChI=1S/C24H34O7/c1-22-10-13(3-6-20(29)30)17(26)9-14(22)4-5-15-16-7-8-24(31,19(28)12-25)23(16,2)11-18(27)21(15)22/h9,13,15-16,18,21,25,27,31H,3-8,10-12H2,1-2H3,(H,29,30)/t13?,15-,16-,18-,21+,22-,23-,24-/m0/s1. The van der Waals surface area contributed by atoms with E-state index in [9.17, 15) is 29.7 Å². The van der Waals surface area contributed by atoms with Crippen molar-refractivity contribution in [2.75, 3.05) is 6.61 Å². The van der Waals surface area contributed by atoms with Crippen LogP contribution in [0.2, 0.25) is 0 Å². The monoisotopic (exact) mass is 434 g/mol. The zero-order valence-electron chi connectivity index (χ0n) is 18.3. The Kier molecular flexibility index (Phi) is 5.47. The number of ketones is 2. The van der Waals surface area contributed by atoms with E-state index in [1.807, 2.05) is 6.92 Å². The van der Waals surface area contributed by atoms with Crippen molar-refractivity contribution in [2.45, 2.75) is 76.9 Å². The van der Waals surface area contributed by atoms with E-state index in [0.29, 0.717) is 25.7 Å². The van der Waals surface area contributed by atoms with Crippen LogP contribution in [0, 0.1) is 34.5 Å². The summed E-state index contributed by atoms with van der Waals surface area (Å²) in [7, 11) is 0. The van der Waals surface area contributed by atoms with E-state index in [4.69, 9.17) is 5.11 Å². The number of carboxylic acid groups (broad SMARTS) is 1. The molecule has 0 amide bonds. The number of aliphatic carboxylic acids is 1. The van der Waals surface area contributed by atoms with Crippen LogP contribution in [-0.2, 0) is 14.4 Å². The lowest BCUT2D eigenvalue weighted by Crippen LogP contribution is -2.62. The van der Waals surface area contributed by atoms with E-state index in [2.05, 4.69) is 6.92 Å². The number of hydrogen-bond acceptors (Lipinski definition) is 6. The van der Waals surface area contributed by atoms with Crippen molar-refractivity contribution in [3.8, 4) is 0 Å². The molecule has 0 bridgehead atoms. The van der Waals surface area contributed by atoms with Crippen molar-refractivity contribution in [2.24, 2.45) is 34.5 Å². The highest BCUT2D eigenvalue weighted by Gasteiger charge is 2.68. The number of allylic oxidation sites excluding steroid dienone is 1. The highest BCUT2D eigenvalue weighted by atomic mass is 16.4. The minimum absolute atomic E-state index is 0.00824. The average Bonchev–Trinajstić information content (AvgIpc) is 2.97. The molecule has 0 aromatic heterocycles. The molecule has 4 aliphatic rings. The van der Waals surface area contributed by atoms with E-state index in [-0.39, 0.29) is 42.3 Å². The second kappa shape index (κ2) is 7.49. The van der Waals surface area contributed by atoms with E-state index in [1.165, 1.54) is 0 Å². The maximum atomic E-state index is 12.6. The quantitative estimate of drug-likeness (QED) is 0.519. The summed E-state index contributed by atoms with van der Waals surface area (Å²) in [4.78, 5) is 36.2. The van der Waals surface area contributed by atoms with Gasteiger partial charge < -0.3 is 20.4 Å². The third-order valence-corrected chi connectivity index (χ3v) is 9.52. The number of aliphatic hydroxyl groups excluding tert-OH is 2. The molecule has 3 fully saturated rings. The molecule has 0 aromatic rings. The SMILES string of the molecule is C[C@]12CC(CCC(=O)O)C(=O)C=C1CC[C@@H]1[C@@H]2[C@@H](O)C[C@@]2(C)[C@H]1CC[C@]2(O)C(=O)CO. The van der Waals surface area contributed by atoms with Gasteiger partial charge in [-0.05, 0) is 74.2 Å². The molecular formula is C24H34O7. The normalized spacial score (nSPS) is 46.5. The second-order valence-electron chi connectivity index (χ2n) is 10.8. The first-order chi connectivity index (χ1) is 14.5. The minimum Gasteiger partial charge on any atom is -0.481 e. The Morgan fingerprint density at radius 3 is 2.55 bits per heavy atom. The number of fused-ring (bicyclic) bond motifs is 5. The van der Waals surface area contributed by atoms with Gasteiger partial charge in [0.05, 0.1) is 6.10 Å². The van der Waals surface area contributed by atoms with E-state index in [0.717, 1.165) is 18.4 Å².